The zero-order chi connectivity index (χ0) is 12.4. The SMILES string of the molecule is CCOC(=O)C1CCC2NC(=O)NC(=O)C2C1. The Balaban J connectivity index is 2.00. The molecule has 0 aromatic heterocycles. The molecular formula is C11H16N2O4. The highest BCUT2D eigenvalue weighted by molar-refractivity contribution is 5.98. The first-order valence-electron chi connectivity index (χ1n) is 5.89. The lowest BCUT2D eigenvalue weighted by molar-refractivity contribution is -0.150. The Morgan fingerprint density at radius 1 is 1.41 bits per heavy atom. The molecule has 0 aromatic carbocycles. The van der Waals surface area contributed by atoms with Crippen LogP contribution in [-0.2, 0) is 14.3 Å². The molecule has 1 aliphatic heterocycles. The zero-order valence-electron chi connectivity index (χ0n) is 9.69. The van der Waals surface area contributed by atoms with E-state index in [9.17, 15) is 14.4 Å². The van der Waals surface area contributed by atoms with E-state index in [1.807, 2.05) is 0 Å². The van der Waals surface area contributed by atoms with E-state index in [1.165, 1.54) is 0 Å². The van der Waals surface area contributed by atoms with E-state index < -0.39 is 6.03 Å². The van der Waals surface area contributed by atoms with Crippen molar-refractivity contribution in [3.63, 3.8) is 0 Å². The molecule has 2 rings (SSSR count). The number of ether oxygens (including phenoxy) is 1. The van der Waals surface area contributed by atoms with Gasteiger partial charge in [-0.2, -0.15) is 0 Å². The maximum atomic E-state index is 11.6. The fraction of sp³-hybridized carbons (Fsp3) is 0.727. The third-order valence-corrected chi connectivity index (χ3v) is 3.36. The van der Waals surface area contributed by atoms with Gasteiger partial charge in [-0.3, -0.25) is 14.9 Å². The van der Waals surface area contributed by atoms with Gasteiger partial charge >= 0.3 is 12.0 Å². The van der Waals surface area contributed by atoms with E-state index in [2.05, 4.69) is 10.6 Å². The number of amides is 3. The summed E-state index contributed by atoms with van der Waals surface area (Å²) in [7, 11) is 0. The molecule has 0 aromatic rings. The van der Waals surface area contributed by atoms with Gasteiger partial charge in [0.05, 0.1) is 18.4 Å². The predicted molar refractivity (Wildman–Crippen MR) is 57.9 cm³/mol. The molecule has 2 fully saturated rings. The number of carbonyl (C=O) groups excluding carboxylic acids is 3. The van der Waals surface area contributed by atoms with E-state index in [0.29, 0.717) is 25.9 Å². The molecule has 2 N–H and O–H groups in total. The first-order chi connectivity index (χ1) is 8.11. The quantitative estimate of drug-likeness (QED) is 0.674. The molecule has 6 nitrogen and oxygen atoms in total. The topological polar surface area (TPSA) is 84.5 Å². The average Bonchev–Trinajstić information content (AvgIpc) is 2.28. The summed E-state index contributed by atoms with van der Waals surface area (Å²) in [6.45, 7) is 2.11. The van der Waals surface area contributed by atoms with Crippen LogP contribution in [0.3, 0.4) is 0 Å². The monoisotopic (exact) mass is 240 g/mol. The van der Waals surface area contributed by atoms with Crippen LogP contribution in [0.25, 0.3) is 0 Å². The van der Waals surface area contributed by atoms with Crippen LogP contribution in [0.1, 0.15) is 26.2 Å². The molecule has 94 valence electrons. The predicted octanol–water partition coefficient (Wildman–Crippen LogP) is 0.174. The second-order valence-corrected chi connectivity index (χ2v) is 4.44. The van der Waals surface area contributed by atoms with Crippen molar-refractivity contribution in [3.8, 4) is 0 Å². The number of hydrogen-bond acceptors (Lipinski definition) is 4. The van der Waals surface area contributed by atoms with Gasteiger partial charge in [-0.15, -0.1) is 0 Å². The summed E-state index contributed by atoms with van der Waals surface area (Å²) >= 11 is 0. The lowest BCUT2D eigenvalue weighted by Crippen LogP contribution is -2.60. The molecule has 1 saturated heterocycles. The Morgan fingerprint density at radius 2 is 2.18 bits per heavy atom. The Kier molecular flexibility index (Phi) is 3.31. The van der Waals surface area contributed by atoms with Crippen molar-refractivity contribution >= 4 is 17.9 Å². The molecule has 1 saturated carbocycles. The highest BCUT2D eigenvalue weighted by Crippen LogP contribution is 2.31. The summed E-state index contributed by atoms with van der Waals surface area (Å²) in [5.41, 5.74) is 0. The molecular weight excluding hydrogens is 224 g/mol. The van der Waals surface area contributed by atoms with Crippen molar-refractivity contribution in [2.75, 3.05) is 6.61 Å². The minimum Gasteiger partial charge on any atom is -0.466 e. The molecule has 0 spiro atoms. The molecule has 2 aliphatic rings. The van der Waals surface area contributed by atoms with Crippen molar-refractivity contribution in [2.24, 2.45) is 11.8 Å². The summed E-state index contributed by atoms with van der Waals surface area (Å²) < 4.78 is 4.96. The largest absolute Gasteiger partial charge is 0.466 e. The van der Waals surface area contributed by atoms with Gasteiger partial charge in [0.2, 0.25) is 5.91 Å². The lowest BCUT2D eigenvalue weighted by Gasteiger charge is -2.37. The number of imide groups is 1. The van der Waals surface area contributed by atoms with Crippen molar-refractivity contribution < 1.29 is 19.1 Å². The molecule has 17 heavy (non-hydrogen) atoms. The molecule has 0 bridgehead atoms. The third-order valence-electron chi connectivity index (χ3n) is 3.36. The van der Waals surface area contributed by atoms with Crippen LogP contribution < -0.4 is 10.6 Å². The van der Waals surface area contributed by atoms with Crippen molar-refractivity contribution in [1.29, 1.82) is 0 Å². The van der Waals surface area contributed by atoms with Crippen LogP contribution in [-0.4, -0.2) is 30.6 Å². The van der Waals surface area contributed by atoms with E-state index in [0.717, 1.165) is 0 Å². The number of carbonyl (C=O) groups is 3. The molecule has 3 atom stereocenters. The summed E-state index contributed by atoms with van der Waals surface area (Å²) in [4.78, 5) is 34.4. The van der Waals surface area contributed by atoms with Crippen molar-refractivity contribution in [2.45, 2.75) is 32.2 Å². The van der Waals surface area contributed by atoms with E-state index in [4.69, 9.17) is 4.74 Å². The van der Waals surface area contributed by atoms with Gasteiger partial charge < -0.3 is 10.1 Å². The summed E-state index contributed by atoms with van der Waals surface area (Å²) in [6, 6.07) is -0.576. The molecule has 6 heteroatoms. The van der Waals surface area contributed by atoms with E-state index >= 15 is 0 Å². The molecule has 1 aliphatic carbocycles. The molecule has 0 radical (unpaired) electrons. The number of fused-ring (bicyclic) bond motifs is 1. The number of hydrogen-bond donors (Lipinski definition) is 2. The van der Waals surface area contributed by atoms with Gasteiger partial charge in [0.25, 0.3) is 0 Å². The second-order valence-electron chi connectivity index (χ2n) is 4.44. The van der Waals surface area contributed by atoms with Crippen molar-refractivity contribution in [3.05, 3.63) is 0 Å². The third kappa shape index (κ3) is 2.40. The van der Waals surface area contributed by atoms with Crippen molar-refractivity contribution in [1.82, 2.24) is 10.6 Å². The zero-order valence-corrected chi connectivity index (χ0v) is 9.69. The fourth-order valence-electron chi connectivity index (χ4n) is 2.52. The second kappa shape index (κ2) is 4.73. The number of esters is 1. The van der Waals surface area contributed by atoms with Gasteiger partial charge in [-0.1, -0.05) is 0 Å². The molecule has 1 heterocycles. The van der Waals surface area contributed by atoms with Gasteiger partial charge in [-0.25, -0.2) is 4.79 Å². The summed E-state index contributed by atoms with van der Waals surface area (Å²) in [5, 5.41) is 4.95. The van der Waals surface area contributed by atoms with Gasteiger partial charge in [0, 0.05) is 6.04 Å². The molecule has 3 unspecified atom stereocenters. The average molecular weight is 240 g/mol. The van der Waals surface area contributed by atoms with Crippen LogP contribution >= 0.6 is 0 Å². The fourth-order valence-corrected chi connectivity index (χ4v) is 2.52. The normalized spacial score (nSPS) is 32.2. The molecule has 3 amide bonds. The van der Waals surface area contributed by atoms with Crippen LogP contribution in [0.5, 0.6) is 0 Å². The maximum Gasteiger partial charge on any atom is 0.321 e. The maximum absolute atomic E-state index is 11.6. The minimum absolute atomic E-state index is 0.137. The lowest BCUT2D eigenvalue weighted by atomic mass is 9.76. The first kappa shape index (κ1) is 11.9. The first-order valence-corrected chi connectivity index (χ1v) is 5.89. The van der Waals surface area contributed by atoms with E-state index in [1.54, 1.807) is 6.92 Å². The summed E-state index contributed by atoms with van der Waals surface area (Å²) in [6.07, 6.45) is 1.76. The standard InChI is InChI=1S/C11H16N2O4/c1-2-17-10(15)6-3-4-8-7(5-6)9(14)13-11(16)12-8/h6-8H,2-5H2,1H3,(H2,12,13,14,16). The van der Waals surface area contributed by atoms with E-state index in [-0.39, 0.29) is 29.8 Å². The van der Waals surface area contributed by atoms with Crippen LogP contribution in [0.4, 0.5) is 4.79 Å². The Labute approximate surface area is 99.1 Å². The highest BCUT2D eigenvalue weighted by atomic mass is 16.5. The summed E-state index contributed by atoms with van der Waals surface area (Å²) in [5.74, 6) is -1.06. The number of nitrogens with one attached hydrogen (secondary N) is 2. The number of rotatable bonds is 2. The Bertz CT molecular complexity index is 355. The smallest absolute Gasteiger partial charge is 0.321 e. The van der Waals surface area contributed by atoms with Gasteiger partial charge in [0.15, 0.2) is 0 Å². The minimum atomic E-state index is -0.439. The van der Waals surface area contributed by atoms with Crippen LogP contribution in [0, 0.1) is 11.8 Å². The Morgan fingerprint density at radius 3 is 2.88 bits per heavy atom. The van der Waals surface area contributed by atoms with Crippen LogP contribution in [0.15, 0.2) is 0 Å². The van der Waals surface area contributed by atoms with Crippen LogP contribution in [0.2, 0.25) is 0 Å². The highest BCUT2D eigenvalue weighted by Gasteiger charge is 2.42. The number of urea groups is 1. The van der Waals surface area contributed by atoms with Gasteiger partial charge in [0.1, 0.15) is 0 Å². The van der Waals surface area contributed by atoms with Gasteiger partial charge in [-0.05, 0) is 26.2 Å². The Hall–Kier alpha value is -1.59.